The highest BCUT2D eigenvalue weighted by molar-refractivity contribution is 9.13. The molecule has 1 aromatic rings. The molecule has 2 amide bonds. The van der Waals surface area contributed by atoms with Crippen LogP contribution in [0.5, 0.6) is 11.5 Å². The second-order valence-electron chi connectivity index (χ2n) is 5.12. The smallest absolute Gasteiger partial charge is 0.329 e. The third-order valence-electron chi connectivity index (χ3n) is 3.52. The highest BCUT2D eigenvalue weighted by Crippen LogP contribution is 2.43. The van der Waals surface area contributed by atoms with Crippen molar-refractivity contribution in [1.82, 2.24) is 4.90 Å². The number of carbonyl (C=O) groups is 3. The number of benzene rings is 1. The average Bonchev–Trinajstić information content (AvgIpc) is 2.88. The SMILES string of the molecule is CCOC(=O)[C@@H](C)N1C(=O)S/C(=C/c2cc(OC)c(O)c(Br)c2Br)C1=O. The molecular weight excluding hydrogens is 494 g/mol. The fraction of sp³-hybridized carbons (Fsp3) is 0.312. The van der Waals surface area contributed by atoms with E-state index in [1.165, 1.54) is 26.2 Å². The molecule has 0 bridgehead atoms. The lowest BCUT2D eigenvalue weighted by molar-refractivity contribution is -0.150. The van der Waals surface area contributed by atoms with E-state index in [-0.39, 0.29) is 23.0 Å². The zero-order valence-electron chi connectivity index (χ0n) is 14.0. The van der Waals surface area contributed by atoms with Crippen LogP contribution in [0, 0.1) is 0 Å². The molecule has 1 heterocycles. The number of esters is 1. The summed E-state index contributed by atoms with van der Waals surface area (Å²) in [6.45, 7) is 3.24. The zero-order chi connectivity index (χ0) is 19.6. The minimum Gasteiger partial charge on any atom is -0.503 e. The Morgan fingerprint density at radius 2 is 2.04 bits per heavy atom. The number of hydrogen-bond acceptors (Lipinski definition) is 7. The monoisotopic (exact) mass is 507 g/mol. The number of amides is 2. The number of carbonyl (C=O) groups excluding carboxylic acids is 3. The molecule has 1 atom stereocenters. The van der Waals surface area contributed by atoms with Crippen LogP contribution in [0.15, 0.2) is 19.9 Å². The normalized spacial score (nSPS) is 17.0. The van der Waals surface area contributed by atoms with Gasteiger partial charge in [-0.1, -0.05) is 0 Å². The zero-order valence-corrected chi connectivity index (χ0v) is 18.0. The molecule has 1 saturated heterocycles. The molecule has 0 radical (unpaired) electrons. The van der Waals surface area contributed by atoms with E-state index in [4.69, 9.17) is 9.47 Å². The van der Waals surface area contributed by atoms with Gasteiger partial charge in [-0.2, -0.15) is 0 Å². The van der Waals surface area contributed by atoms with E-state index in [0.29, 0.717) is 14.5 Å². The van der Waals surface area contributed by atoms with Gasteiger partial charge in [-0.05, 0) is 75.2 Å². The number of rotatable bonds is 5. The molecule has 2 rings (SSSR count). The number of phenolic OH excluding ortho intramolecular Hbond substituents is 1. The summed E-state index contributed by atoms with van der Waals surface area (Å²) in [5.41, 5.74) is 0.515. The maximum atomic E-state index is 12.6. The van der Waals surface area contributed by atoms with Gasteiger partial charge in [0.2, 0.25) is 0 Å². The second kappa shape index (κ2) is 8.45. The Morgan fingerprint density at radius 3 is 2.62 bits per heavy atom. The fourth-order valence-corrected chi connectivity index (χ4v) is 3.94. The van der Waals surface area contributed by atoms with E-state index in [1.54, 1.807) is 6.92 Å². The molecule has 1 fully saturated rings. The number of thioether (sulfide) groups is 1. The molecule has 0 aromatic heterocycles. The van der Waals surface area contributed by atoms with Gasteiger partial charge in [0.1, 0.15) is 6.04 Å². The fourth-order valence-electron chi connectivity index (χ4n) is 2.20. The number of aromatic hydroxyl groups is 1. The molecule has 1 N–H and O–H groups in total. The Kier molecular flexibility index (Phi) is 6.75. The van der Waals surface area contributed by atoms with Crippen molar-refractivity contribution >= 4 is 66.8 Å². The highest BCUT2D eigenvalue weighted by Gasteiger charge is 2.41. The van der Waals surface area contributed by atoms with Crippen LogP contribution in [-0.2, 0) is 14.3 Å². The van der Waals surface area contributed by atoms with E-state index in [9.17, 15) is 19.5 Å². The van der Waals surface area contributed by atoms with Gasteiger partial charge >= 0.3 is 5.97 Å². The average molecular weight is 509 g/mol. The Bertz CT molecular complexity index is 810. The molecule has 0 unspecified atom stereocenters. The number of phenols is 1. The van der Waals surface area contributed by atoms with Crippen molar-refractivity contribution in [3.63, 3.8) is 0 Å². The van der Waals surface area contributed by atoms with Crippen molar-refractivity contribution in [3.05, 3.63) is 25.5 Å². The lowest BCUT2D eigenvalue weighted by atomic mass is 10.1. The van der Waals surface area contributed by atoms with E-state index in [2.05, 4.69) is 31.9 Å². The van der Waals surface area contributed by atoms with Gasteiger partial charge in [0.05, 0.1) is 23.1 Å². The molecule has 10 heteroatoms. The molecule has 7 nitrogen and oxygen atoms in total. The summed E-state index contributed by atoms with van der Waals surface area (Å²) in [5.74, 6) is -1.13. The number of methoxy groups -OCH3 is 1. The van der Waals surface area contributed by atoms with Gasteiger partial charge in [-0.25, -0.2) is 4.79 Å². The second-order valence-corrected chi connectivity index (χ2v) is 7.70. The molecule has 140 valence electrons. The molecule has 1 aromatic carbocycles. The van der Waals surface area contributed by atoms with Gasteiger partial charge < -0.3 is 14.6 Å². The molecule has 0 spiro atoms. The van der Waals surface area contributed by atoms with Crippen LogP contribution < -0.4 is 4.74 Å². The summed E-state index contributed by atoms with van der Waals surface area (Å²) in [4.78, 5) is 37.7. The predicted molar refractivity (Wildman–Crippen MR) is 104 cm³/mol. The number of imide groups is 1. The molecule has 1 aliphatic rings. The standard InChI is InChI=1S/C16H15Br2NO6S/c1-4-25-15(22)7(2)19-14(21)10(26-16(19)23)6-8-5-9(24-3)13(20)12(18)11(8)17/h5-7,20H,4H2,1-3H3/b10-6+/t7-/m1/s1. The molecule has 1 aliphatic heterocycles. The van der Waals surface area contributed by atoms with Crippen LogP contribution in [0.2, 0.25) is 0 Å². The van der Waals surface area contributed by atoms with Crippen LogP contribution >= 0.6 is 43.6 Å². The quantitative estimate of drug-likeness (QED) is 0.476. The first kappa shape index (κ1) is 20.8. The topological polar surface area (TPSA) is 93.1 Å². The lowest BCUT2D eigenvalue weighted by Crippen LogP contribution is -2.42. The van der Waals surface area contributed by atoms with Crippen LogP contribution in [0.4, 0.5) is 4.79 Å². The van der Waals surface area contributed by atoms with E-state index in [0.717, 1.165) is 16.7 Å². The number of hydrogen-bond donors (Lipinski definition) is 1. The maximum Gasteiger partial charge on any atom is 0.329 e. The van der Waals surface area contributed by atoms with E-state index >= 15 is 0 Å². The van der Waals surface area contributed by atoms with Crippen molar-refractivity contribution in [2.75, 3.05) is 13.7 Å². The molecule has 0 aliphatic carbocycles. The van der Waals surface area contributed by atoms with Gasteiger partial charge in [-0.3, -0.25) is 14.5 Å². The van der Waals surface area contributed by atoms with Gasteiger partial charge in [-0.15, -0.1) is 0 Å². The first-order valence-corrected chi connectivity index (χ1v) is 9.81. The third kappa shape index (κ3) is 3.91. The van der Waals surface area contributed by atoms with Gasteiger partial charge in [0.25, 0.3) is 11.1 Å². The summed E-state index contributed by atoms with van der Waals surface area (Å²) in [6.07, 6.45) is 1.49. The van der Waals surface area contributed by atoms with Crippen molar-refractivity contribution in [2.24, 2.45) is 0 Å². The van der Waals surface area contributed by atoms with Crippen LogP contribution in [0.25, 0.3) is 6.08 Å². The van der Waals surface area contributed by atoms with Crippen molar-refractivity contribution in [3.8, 4) is 11.5 Å². The highest BCUT2D eigenvalue weighted by atomic mass is 79.9. The Balaban J connectivity index is 2.39. The van der Waals surface area contributed by atoms with Crippen LogP contribution in [0.1, 0.15) is 19.4 Å². The molecule has 0 saturated carbocycles. The third-order valence-corrected chi connectivity index (χ3v) is 6.56. The number of ether oxygens (including phenoxy) is 2. The Labute approximate surface area is 171 Å². The summed E-state index contributed by atoms with van der Waals surface area (Å²) < 4.78 is 10.8. The van der Waals surface area contributed by atoms with Crippen LogP contribution in [-0.4, -0.2) is 46.9 Å². The summed E-state index contributed by atoms with van der Waals surface area (Å²) >= 11 is 7.28. The van der Waals surface area contributed by atoms with Crippen molar-refractivity contribution < 1.29 is 29.0 Å². The Hall–Kier alpha value is -1.52. The Morgan fingerprint density at radius 1 is 1.38 bits per heavy atom. The summed E-state index contributed by atoms with van der Waals surface area (Å²) in [5, 5.41) is 9.42. The minimum atomic E-state index is -1.02. The lowest BCUT2D eigenvalue weighted by Gasteiger charge is -2.19. The summed E-state index contributed by atoms with van der Waals surface area (Å²) in [7, 11) is 1.40. The summed E-state index contributed by atoms with van der Waals surface area (Å²) in [6, 6.07) is 0.505. The van der Waals surface area contributed by atoms with Gasteiger partial charge in [0, 0.05) is 4.47 Å². The maximum absolute atomic E-state index is 12.6. The van der Waals surface area contributed by atoms with Gasteiger partial charge in [0.15, 0.2) is 11.5 Å². The first-order chi connectivity index (χ1) is 12.2. The largest absolute Gasteiger partial charge is 0.503 e. The molecule has 26 heavy (non-hydrogen) atoms. The molecular formula is C16H15Br2NO6S. The van der Waals surface area contributed by atoms with E-state index < -0.39 is 23.2 Å². The number of halogens is 2. The first-order valence-electron chi connectivity index (χ1n) is 7.41. The van der Waals surface area contributed by atoms with Crippen molar-refractivity contribution in [1.29, 1.82) is 0 Å². The van der Waals surface area contributed by atoms with Crippen LogP contribution in [0.3, 0.4) is 0 Å². The minimum absolute atomic E-state index is 0.0967. The van der Waals surface area contributed by atoms with Crippen molar-refractivity contribution in [2.45, 2.75) is 19.9 Å². The van der Waals surface area contributed by atoms with E-state index in [1.807, 2.05) is 0 Å². The number of nitrogens with zero attached hydrogens (tertiary/aromatic N) is 1. The predicted octanol–water partition coefficient (Wildman–Crippen LogP) is 3.91.